The van der Waals surface area contributed by atoms with Crippen LogP contribution in [0.2, 0.25) is 0 Å². The fraction of sp³-hybridized carbons (Fsp3) is 0.167. The van der Waals surface area contributed by atoms with Crippen molar-refractivity contribution in [1.29, 1.82) is 0 Å². The predicted octanol–water partition coefficient (Wildman–Crippen LogP) is 3.69. The van der Waals surface area contributed by atoms with Gasteiger partial charge in [-0.25, -0.2) is 0 Å². The summed E-state index contributed by atoms with van der Waals surface area (Å²) in [4.78, 5) is 0. The van der Waals surface area contributed by atoms with Gasteiger partial charge in [-0.1, -0.05) is 15.9 Å². The number of hydrogen-bond donors (Lipinski definition) is 2. The van der Waals surface area contributed by atoms with Gasteiger partial charge in [0.15, 0.2) is 11.5 Å². The summed E-state index contributed by atoms with van der Waals surface area (Å²) in [6.07, 6.45) is 0. The number of rotatable bonds is 3. The summed E-state index contributed by atoms with van der Waals surface area (Å²) >= 11 is 4.95. The number of hydrogen-bond acceptors (Lipinski definition) is 4. The Bertz CT molecular complexity index is 519. The maximum atomic E-state index is 10.1. The zero-order valence-electron chi connectivity index (χ0n) is 9.59. The molecule has 98 valence electrons. The van der Waals surface area contributed by atoms with E-state index in [1.54, 1.807) is 23.5 Å². The van der Waals surface area contributed by atoms with E-state index in [-0.39, 0.29) is 24.2 Å². The normalized spacial score (nSPS) is 11.7. The number of nitrogens with two attached hydrogens (primary N) is 1. The highest BCUT2D eigenvalue weighted by atomic mass is 79.9. The highest BCUT2D eigenvalue weighted by Gasteiger charge is 2.17. The second kappa shape index (κ2) is 6.43. The van der Waals surface area contributed by atoms with E-state index in [4.69, 9.17) is 10.5 Å². The number of phenols is 1. The van der Waals surface area contributed by atoms with Crippen LogP contribution in [0, 0.1) is 0 Å². The van der Waals surface area contributed by atoms with Crippen LogP contribution in [0.4, 0.5) is 0 Å². The Morgan fingerprint density at radius 3 is 2.72 bits per heavy atom. The van der Waals surface area contributed by atoms with Crippen LogP contribution >= 0.6 is 39.7 Å². The molecule has 0 aliphatic rings. The monoisotopic (exact) mass is 349 g/mol. The van der Waals surface area contributed by atoms with E-state index in [9.17, 15) is 5.11 Å². The van der Waals surface area contributed by atoms with Crippen molar-refractivity contribution in [1.82, 2.24) is 0 Å². The van der Waals surface area contributed by atoms with Gasteiger partial charge in [0.25, 0.3) is 0 Å². The Balaban J connectivity index is 0.00000162. The minimum atomic E-state index is -0.354. The fourth-order valence-electron chi connectivity index (χ4n) is 1.62. The van der Waals surface area contributed by atoms with Gasteiger partial charge >= 0.3 is 0 Å². The third kappa shape index (κ3) is 2.98. The molecule has 3 nitrogen and oxygen atoms in total. The summed E-state index contributed by atoms with van der Waals surface area (Å²) in [7, 11) is 1.52. The average molecular weight is 351 g/mol. The largest absolute Gasteiger partial charge is 0.504 e. The van der Waals surface area contributed by atoms with Gasteiger partial charge in [0.05, 0.1) is 13.2 Å². The molecule has 0 unspecified atom stereocenters. The van der Waals surface area contributed by atoms with E-state index >= 15 is 0 Å². The molecular weight excluding hydrogens is 338 g/mol. The molecular formula is C12H13BrClNO2S. The van der Waals surface area contributed by atoms with Gasteiger partial charge < -0.3 is 15.6 Å². The van der Waals surface area contributed by atoms with Crippen molar-refractivity contribution >= 4 is 39.7 Å². The van der Waals surface area contributed by atoms with Crippen molar-refractivity contribution in [2.24, 2.45) is 5.73 Å². The Morgan fingerprint density at radius 1 is 1.44 bits per heavy atom. The van der Waals surface area contributed by atoms with Gasteiger partial charge in [-0.05, 0) is 34.5 Å². The Morgan fingerprint density at radius 2 is 2.17 bits per heavy atom. The number of thiophene rings is 1. The smallest absolute Gasteiger partial charge is 0.162 e. The molecule has 18 heavy (non-hydrogen) atoms. The summed E-state index contributed by atoms with van der Waals surface area (Å²) in [5.74, 6) is 0.509. The lowest BCUT2D eigenvalue weighted by molar-refractivity contribution is 0.369. The van der Waals surface area contributed by atoms with Crippen LogP contribution in [0.15, 0.2) is 33.4 Å². The van der Waals surface area contributed by atoms with Crippen LogP contribution in [0.25, 0.3) is 0 Å². The molecule has 0 amide bonds. The third-order valence-electron chi connectivity index (χ3n) is 2.53. The average Bonchev–Trinajstić information content (AvgIpc) is 2.84. The molecule has 0 bridgehead atoms. The molecule has 1 aromatic heterocycles. The van der Waals surface area contributed by atoms with Crippen molar-refractivity contribution < 1.29 is 9.84 Å². The molecule has 0 spiro atoms. The number of benzene rings is 1. The number of methoxy groups -OCH3 is 1. The number of phenolic OH excluding ortho intramolecular Hbond substituents is 1. The second-order valence-corrected chi connectivity index (χ2v) is 5.28. The molecule has 0 fully saturated rings. The SMILES string of the molecule is COc1cc(Br)cc([C@@H](N)c2ccsc2)c1O.Cl. The summed E-state index contributed by atoms with van der Waals surface area (Å²) < 4.78 is 5.93. The molecule has 0 aliphatic heterocycles. The Labute approximate surface area is 124 Å². The van der Waals surface area contributed by atoms with E-state index in [0.717, 1.165) is 10.0 Å². The molecule has 2 rings (SSSR count). The molecule has 2 aromatic rings. The van der Waals surface area contributed by atoms with E-state index in [1.807, 2.05) is 16.8 Å². The Kier molecular flexibility index (Phi) is 5.47. The van der Waals surface area contributed by atoms with Crippen LogP contribution in [0.5, 0.6) is 11.5 Å². The number of halogens is 2. The summed E-state index contributed by atoms with van der Waals surface area (Å²) in [5, 5.41) is 14.0. The van der Waals surface area contributed by atoms with Gasteiger partial charge in [-0.3, -0.25) is 0 Å². The summed E-state index contributed by atoms with van der Waals surface area (Å²) in [5.41, 5.74) is 7.75. The standard InChI is InChI=1S/C12H12BrNO2S.ClH/c1-16-10-5-8(13)4-9(12(10)15)11(14)7-2-3-17-6-7;/h2-6,11,15H,14H2,1H3;1H/t11-;/m0./s1. The van der Waals surface area contributed by atoms with Gasteiger partial charge in [0, 0.05) is 10.0 Å². The molecule has 6 heteroatoms. The van der Waals surface area contributed by atoms with E-state index < -0.39 is 0 Å². The molecule has 0 aliphatic carbocycles. The molecule has 0 saturated heterocycles. The van der Waals surface area contributed by atoms with Crippen LogP contribution < -0.4 is 10.5 Å². The van der Waals surface area contributed by atoms with Gasteiger partial charge in [0.1, 0.15) is 0 Å². The quantitative estimate of drug-likeness (QED) is 0.887. The van der Waals surface area contributed by atoms with Gasteiger partial charge in [-0.15, -0.1) is 12.4 Å². The van der Waals surface area contributed by atoms with E-state index in [2.05, 4.69) is 15.9 Å². The van der Waals surface area contributed by atoms with Crippen LogP contribution in [0.1, 0.15) is 17.2 Å². The van der Waals surface area contributed by atoms with Crippen molar-refractivity contribution in [3.8, 4) is 11.5 Å². The van der Waals surface area contributed by atoms with Crippen LogP contribution in [0.3, 0.4) is 0 Å². The second-order valence-electron chi connectivity index (χ2n) is 3.58. The summed E-state index contributed by atoms with van der Waals surface area (Å²) in [6, 6.07) is 5.11. The lowest BCUT2D eigenvalue weighted by Gasteiger charge is -2.15. The minimum absolute atomic E-state index is 0. The zero-order valence-corrected chi connectivity index (χ0v) is 12.8. The zero-order chi connectivity index (χ0) is 12.4. The lowest BCUT2D eigenvalue weighted by Crippen LogP contribution is -2.11. The molecule has 1 atom stereocenters. The lowest BCUT2D eigenvalue weighted by atomic mass is 10.0. The summed E-state index contributed by atoms with van der Waals surface area (Å²) in [6.45, 7) is 0. The van der Waals surface area contributed by atoms with Crippen LogP contribution in [-0.4, -0.2) is 12.2 Å². The van der Waals surface area contributed by atoms with Gasteiger partial charge in [-0.2, -0.15) is 11.3 Å². The van der Waals surface area contributed by atoms with Crippen molar-refractivity contribution in [2.45, 2.75) is 6.04 Å². The Hall–Kier alpha value is -0.750. The minimum Gasteiger partial charge on any atom is -0.504 e. The first-order valence-corrected chi connectivity index (χ1v) is 6.71. The fourth-order valence-corrected chi connectivity index (χ4v) is 2.77. The third-order valence-corrected chi connectivity index (χ3v) is 3.69. The molecule has 0 saturated carbocycles. The maximum Gasteiger partial charge on any atom is 0.162 e. The first-order valence-electron chi connectivity index (χ1n) is 4.97. The van der Waals surface area contributed by atoms with Crippen molar-refractivity contribution in [2.75, 3.05) is 7.11 Å². The molecule has 0 radical (unpaired) electrons. The highest BCUT2D eigenvalue weighted by Crippen LogP contribution is 2.38. The number of ether oxygens (including phenoxy) is 1. The van der Waals surface area contributed by atoms with E-state index in [1.165, 1.54) is 7.11 Å². The van der Waals surface area contributed by atoms with Crippen LogP contribution in [-0.2, 0) is 0 Å². The highest BCUT2D eigenvalue weighted by molar-refractivity contribution is 9.10. The van der Waals surface area contributed by atoms with Crippen molar-refractivity contribution in [3.05, 3.63) is 44.6 Å². The molecule has 3 N–H and O–H groups in total. The topological polar surface area (TPSA) is 55.5 Å². The maximum absolute atomic E-state index is 10.1. The molecule has 1 aromatic carbocycles. The first kappa shape index (κ1) is 15.3. The first-order chi connectivity index (χ1) is 8.13. The number of aromatic hydroxyl groups is 1. The molecule has 1 heterocycles. The van der Waals surface area contributed by atoms with Crippen molar-refractivity contribution in [3.63, 3.8) is 0 Å². The van der Waals surface area contributed by atoms with Gasteiger partial charge in [0.2, 0.25) is 0 Å². The van der Waals surface area contributed by atoms with E-state index in [0.29, 0.717) is 11.3 Å². The predicted molar refractivity (Wildman–Crippen MR) is 80.0 cm³/mol.